The first-order chi connectivity index (χ1) is 20.9. The number of aromatic nitrogens is 4. The van der Waals surface area contributed by atoms with Crippen LogP contribution in [0.5, 0.6) is 0 Å². The van der Waals surface area contributed by atoms with Crippen molar-refractivity contribution in [3.63, 3.8) is 0 Å². The lowest BCUT2D eigenvalue weighted by atomic mass is 9.70. The number of pyridine rings is 1. The summed E-state index contributed by atoms with van der Waals surface area (Å²) < 4.78 is 0.929. The molecule has 218 valence electrons. The van der Waals surface area contributed by atoms with Gasteiger partial charge in [0.1, 0.15) is 0 Å². The van der Waals surface area contributed by atoms with Gasteiger partial charge < -0.3 is 16.0 Å². The van der Waals surface area contributed by atoms with Crippen LogP contribution in [0.2, 0.25) is 0 Å². The molecule has 3 amide bonds. The molecule has 11 heteroatoms. The lowest BCUT2D eigenvalue weighted by molar-refractivity contribution is -0.119. The Morgan fingerprint density at radius 2 is 1.72 bits per heavy atom. The molecular weight excluding hydrogens is 560 g/mol. The molecule has 4 heterocycles. The fourth-order valence-electron chi connectivity index (χ4n) is 5.73. The molecule has 2 aromatic carbocycles. The Bertz CT molecular complexity index is 1730. The number of fused-ring (bicyclic) bond motifs is 1. The molecule has 0 aliphatic carbocycles. The van der Waals surface area contributed by atoms with E-state index in [1.807, 2.05) is 61.8 Å². The SMILES string of the molecule is CCNC(=O)Nc1nc2cc(-c3cnc(N4CCC(CC(N)=O)(c5ccccc5)CC4)nc3)cc(-c3ccccn3)c2s1. The first-order valence-electron chi connectivity index (χ1n) is 14.3. The van der Waals surface area contributed by atoms with E-state index in [0.717, 1.165) is 64.1 Å². The molecule has 6 rings (SSSR count). The van der Waals surface area contributed by atoms with Gasteiger partial charge in [-0.3, -0.25) is 15.1 Å². The lowest BCUT2D eigenvalue weighted by Gasteiger charge is -2.41. The Morgan fingerprint density at radius 3 is 2.40 bits per heavy atom. The van der Waals surface area contributed by atoms with Crippen LogP contribution in [0.15, 0.2) is 79.3 Å². The number of carbonyl (C=O) groups excluding carboxylic acids is 2. The van der Waals surface area contributed by atoms with Crippen LogP contribution in [-0.4, -0.2) is 51.5 Å². The molecule has 0 spiro atoms. The highest BCUT2D eigenvalue weighted by molar-refractivity contribution is 7.22. The summed E-state index contributed by atoms with van der Waals surface area (Å²) in [6.07, 6.45) is 7.30. The highest BCUT2D eigenvalue weighted by Gasteiger charge is 2.38. The first kappa shape index (κ1) is 28.2. The zero-order valence-electron chi connectivity index (χ0n) is 23.8. The molecular formula is C32H32N8O2S. The van der Waals surface area contributed by atoms with Crippen molar-refractivity contribution in [1.82, 2.24) is 25.3 Å². The molecule has 3 aromatic heterocycles. The maximum absolute atomic E-state index is 12.1. The van der Waals surface area contributed by atoms with E-state index in [1.165, 1.54) is 11.3 Å². The Labute approximate surface area is 253 Å². The second-order valence-corrected chi connectivity index (χ2v) is 11.6. The maximum Gasteiger partial charge on any atom is 0.321 e. The number of hydrogen-bond acceptors (Lipinski definition) is 8. The second-order valence-electron chi connectivity index (χ2n) is 10.6. The van der Waals surface area contributed by atoms with Crippen LogP contribution in [0.1, 0.15) is 31.7 Å². The monoisotopic (exact) mass is 592 g/mol. The number of benzene rings is 2. The average molecular weight is 593 g/mol. The van der Waals surface area contributed by atoms with Crippen LogP contribution >= 0.6 is 11.3 Å². The third kappa shape index (κ3) is 6.02. The fourth-order valence-corrected chi connectivity index (χ4v) is 6.69. The summed E-state index contributed by atoms with van der Waals surface area (Å²) in [5.74, 6) is 0.366. The Hall–Kier alpha value is -4.90. The van der Waals surface area contributed by atoms with E-state index in [0.29, 0.717) is 24.0 Å². The van der Waals surface area contributed by atoms with Gasteiger partial charge in [0.15, 0.2) is 5.13 Å². The van der Waals surface area contributed by atoms with Crippen LogP contribution in [0.4, 0.5) is 15.9 Å². The molecule has 1 aliphatic heterocycles. The minimum Gasteiger partial charge on any atom is -0.370 e. The molecule has 10 nitrogen and oxygen atoms in total. The van der Waals surface area contributed by atoms with Gasteiger partial charge in [-0.25, -0.2) is 19.7 Å². The molecule has 1 fully saturated rings. The van der Waals surface area contributed by atoms with Gasteiger partial charge >= 0.3 is 6.03 Å². The quantitative estimate of drug-likeness (QED) is 0.220. The van der Waals surface area contributed by atoms with Crippen molar-refractivity contribution in [3.8, 4) is 22.4 Å². The standard InChI is InChI=1S/C32H32N8O2S/c1-2-34-30(42)39-31-38-26-17-21(16-24(28(26)43-31)25-10-6-7-13-35-25)22-19-36-29(37-20-22)40-14-11-32(12-15-40,18-27(33)41)23-8-4-3-5-9-23/h3-10,13,16-17,19-20H,2,11-12,14-15,18H2,1H3,(H2,33,41)(H2,34,38,39,42). The van der Waals surface area contributed by atoms with Crippen LogP contribution in [0.25, 0.3) is 32.6 Å². The molecule has 0 saturated carbocycles. The zero-order valence-corrected chi connectivity index (χ0v) is 24.6. The number of nitrogens with two attached hydrogens (primary N) is 1. The second kappa shape index (κ2) is 12.1. The third-order valence-electron chi connectivity index (χ3n) is 7.86. The summed E-state index contributed by atoms with van der Waals surface area (Å²) in [4.78, 5) is 45.0. The summed E-state index contributed by atoms with van der Waals surface area (Å²) in [5, 5.41) is 6.07. The van der Waals surface area contributed by atoms with Crippen molar-refractivity contribution in [2.75, 3.05) is 29.9 Å². The van der Waals surface area contributed by atoms with Crippen LogP contribution in [0.3, 0.4) is 0 Å². The first-order valence-corrected chi connectivity index (χ1v) is 15.1. The van der Waals surface area contributed by atoms with Gasteiger partial charge in [-0.2, -0.15) is 0 Å². The molecule has 0 bridgehead atoms. The van der Waals surface area contributed by atoms with E-state index in [9.17, 15) is 9.59 Å². The predicted octanol–water partition coefficient (Wildman–Crippen LogP) is 5.37. The van der Waals surface area contributed by atoms with Crippen molar-refractivity contribution >= 4 is 44.6 Å². The molecule has 0 unspecified atom stereocenters. The zero-order chi connectivity index (χ0) is 29.8. The number of carbonyl (C=O) groups is 2. The van der Waals surface area contributed by atoms with Crippen molar-refractivity contribution in [3.05, 3.63) is 84.8 Å². The van der Waals surface area contributed by atoms with Gasteiger partial charge in [-0.15, -0.1) is 0 Å². The van der Waals surface area contributed by atoms with Gasteiger partial charge in [-0.1, -0.05) is 47.7 Å². The summed E-state index contributed by atoms with van der Waals surface area (Å²) in [5.41, 5.74) is 10.8. The number of urea groups is 1. The topological polar surface area (TPSA) is 139 Å². The van der Waals surface area contributed by atoms with Crippen molar-refractivity contribution < 1.29 is 9.59 Å². The van der Waals surface area contributed by atoms with E-state index in [1.54, 1.807) is 6.20 Å². The van der Waals surface area contributed by atoms with Gasteiger partial charge in [0, 0.05) is 61.2 Å². The summed E-state index contributed by atoms with van der Waals surface area (Å²) >= 11 is 1.41. The smallest absolute Gasteiger partial charge is 0.321 e. The van der Waals surface area contributed by atoms with E-state index >= 15 is 0 Å². The predicted molar refractivity (Wildman–Crippen MR) is 170 cm³/mol. The van der Waals surface area contributed by atoms with Crippen molar-refractivity contribution in [2.45, 2.75) is 31.6 Å². The van der Waals surface area contributed by atoms with Gasteiger partial charge in [0.25, 0.3) is 0 Å². The van der Waals surface area contributed by atoms with Crippen LogP contribution in [-0.2, 0) is 10.2 Å². The third-order valence-corrected chi connectivity index (χ3v) is 8.88. The normalized spacial score (nSPS) is 14.4. The molecule has 0 atom stereocenters. The molecule has 1 saturated heterocycles. The van der Waals surface area contributed by atoms with Gasteiger partial charge in [0.2, 0.25) is 11.9 Å². The highest BCUT2D eigenvalue weighted by atomic mass is 32.1. The summed E-state index contributed by atoms with van der Waals surface area (Å²) in [6.45, 7) is 3.83. The van der Waals surface area contributed by atoms with E-state index in [4.69, 9.17) is 20.7 Å². The number of piperidine rings is 1. The Balaban J connectivity index is 1.26. The van der Waals surface area contributed by atoms with E-state index in [2.05, 4.69) is 38.7 Å². The molecule has 5 aromatic rings. The fraction of sp³-hybridized carbons (Fsp3) is 0.250. The summed E-state index contributed by atoms with van der Waals surface area (Å²) in [7, 11) is 0. The number of nitrogens with zero attached hydrogens (tertiary/aromatic N) is 5. The molecule has 0 radical (unpaired) electrons. The Kier molecular flexibility index (Phi) is 7.97. The van der Waals surface area contributed by atoms with Crippen LogP contribution < -0.4 is 21.3 Å². The molecule has 1 aliphatic rings. The van der Waals surface area contributed by atoms with E-state index < -0.39 is 0 Å². The number of primary amides is 1. The van der Waals surface area contributed by atoms with Crippen LogP contribution in [0, 0.1) is 0 Å². The van der Waals surface area contributed by atoms with Gasteiger partial charge in [0.05, 0.1) is 15.9 Å². The van der Waals surface area contributed by atoms with Crippen molar-refractivity contribution in [2.24, 2.45) is 5.73 Å². The number of rotatable bonds is 8. The maximum atomic E-state index is 12.1. The molecule has 4 N–H and O–H groups in total. The largest absolute Gasteiger partial charge is 0.370 e. The number of hydrogen-bond donors (Lipinski definition) is 3. The van der Waals surface area contributed by atoms with Crippen molar-refractivity contribution in [1.29, 1.82) is 0 Å². The minimum atomic E-state index is -0.293. The highest BCUT2D eigenvalue weighted by Crippen LogP contribution is 2.40. The summed E-state index contributed by atoms with van der Waals surface area (Å²) in [6, 6.07) is 19.7. The lowest BCUT2D eigenvalue weighted by Crippen LogP contribution is -2.45. The molecule has 43 heavy (non-hydrogen) atoms. The number of thiazole rings is 1. The number of nitrogens with one attached hydrogen (secondary N) is 2. The van der Waals surface area contributed by atoms with Gasteiger partial charge in [-0.05, 0) is 55.2 Å². The van der Waals surface area contributed by atoms with E-state index in [-0.39, 0.29) is 17.4 Å². The Morgan fingerprint density at radius 1 is 0.977 bits per heavy atom. The number of anilines is 2. The minimum absolute atomic E-state index is 0.278. The average Bonchev–Trinajstić information content (AvgIpc) is 3.44. The number of amides is 3.